The van der Waals surface area contributed by atoms with Crippen molar-refractivity contribution in [2.75, 3.05) is 13.2 Å². The molecule has 5 nitrogen and oxygen atoms in total. The molecule has 2 rings (SSSR count). The smallest absolute Gasteiger partial charge is 0.285 e. The second kappa shape index (κ2) is 5.25. The van der Waals surface area contributed by atoms with Crippen molar-refractivity contribution in [3.8, 4) is 0 Å². The van der Waals surface area contributed by atoms with Crippen molar-refractivity contribution in [2.45, 2.75) is 19.4 Å². The lowest BCUT2D eigenvalue weighted by molar-refractivity contribution is 0.0463. The van der Waals surface area contributed by atoms with E-state index >= 15 is 0 Å². The quantitative estimate of drug-likeness (QED) is 0.886. The molecule has 0 amide bonds. The van der Waals surface area contributed by atoms with Crippen molar-refractivity contribution >= 4 is 23.2 Å². The number of hydrogen-bond acceptors (Lipinski definition) is 3. The fraction of sp³-hybridized carbons (Fsp3) is 0.600. The number of nitrogens with zero attached hydrogens (tertiary/aromatic N) is 1. The number of hydrogen-bond donors (Lipinski definition) is 1. The molecule has 2 heterocycles. The van der Waals surface area contributed by atoms with Gasteiger partial charge in [-0.1, -0.05) is 23.2 Å². The summed E-state index contributed by atoms with van der Waals surface area (Å²) in [4.78, 5) is 23.1. The topological polar surface area (TPSA) is 64.1 Å². The number of aromatic nitrogens is 2. The number of halogens is 2. The minimum Gasteiger partial charge on any atom is -0.381 e. The van der Waals surface area contributed by atoms with Gasteiger partial charge in [-0.3, -0.25) is 14.7 Å². The number of H-pyrrole nitrogens is 1. The lowest BCUT2D eigenvalue weighted by atomic mass is 10.0. The largest absolute Gasteiger partial charge is 0.381 e. The third-order valence-electron chi connectivity index (χ3n) is 2.76. The van der Waals surface area contributed by atoms with Crippen LogP contribution in [0.15, 0.2) is 9.59 Å². The fourth-order valence-corrected chi connectivity index (χ4v) is 2.18. The van der Waals surface area contributed by atoms with E-state index in [0.29, 0.717) is 13.2 Å². The summed E-state index contributed by atoms with van der Waals surface area (Å²) >= 11 is 11.3. The molecule has 17 heavy (non-hydrogen) atoms. The molecule has 0 radical (unpaired) electrons. The van der Waals surface area contributed by atoms with Gasteiger partial charge in [-0.15, -0.1) is 0 Å². The molecule has 1 N–H and O–H groups in total. The Morgan fingerprint density at radius 2 is 2.12 bits per heavy atom. The van der Waals surface area contributed by atoms with Crippen LogP contribution in [-0.4, -0.2) is 23.0 Å². The first-order chi connectivity index (χ1) is 8.09. The van der Waals surface area contributed by atoms with Gasteiger partial charge in [0.25, 0.3) is 11.1 Å². The maximum Gasteiger partial charge on any atom is 0.285 e. The molecule has 0 aliphatic carbocycles. The van der Waals surface area contributed by atoms with Crippen molar-refractivity contribution in [2.24, 2.45) is 5.92 Å². The summed E-state index contributed by atoms with van der Waals surface area (Å²) in [6.45, 7) is 1.74. The maximum atomic E-state index is 11.8. The van der Waals surface area contributed by atoms with Gasteiger partial charge < -0.3 is 4.74 Å². The van der Waals surface area contributed by atoms with Crippen LogP contribution in [0.4, 0.5) is 0 Å². The van der Waals surface area contributed by atoms with Gasteiger partial charge in [-0.2, -0.15) is 0 Å². The van der Waals surface area contributed by atoms with Gasteiger partial charge in [0.05, 0.1) is 6.61 Å². The highest BCUT2D eigenvalue weighted by atomic mass is 35.5. The summed E-state index contributed by atoms with van der Waals surface area (Å²) in [5.74, 6) is 0.217. The SMILES string of the molecule is O=c1[nH]n(CC2CCCOC2)c(=O)c(Cl)c1Cl. The molecular weight excluding hydrogens is 267 g/mol. The second-order valence-corrected chi connectivity index (χ2v) is 4.82. The minimum atomic E-state index is -0.548. The molecule has 1 aromatic rings. The average molecular weight is 279 g/mol. The molecule has 1 aromatic heterocycles. The summed E-state index contributed by atoms with van der Waals surface area (Å²) in [6.07, 6.45) is 1.93. The van der Waals surface area contributed by atoms with Crippen molar-refractivity contribution in [3.63, 3.8) is 0 Å². The highest BCUT2D eigenvalue weighted by Crippen LogP contribution is 2.15. The van der Waals surface area contributed by atoms with Gasteiger partial charge in [0.15, 0.2) is 0 Å². The molecule has 1 aliphatic rings. The number of aromatic amines is 1. The number of nitrogens with one attached hydrogen (secondary N) is 1. The summed E-state index contributed by atoms with van der Waals surface area (Å²) in [5, 5.41) is 1.92. The van der Waals surface area contributed by atoms with Gasteiger partial charge in [-0.25, -0.2) is 4.68 Å². The molecule has 0 saturated carbocycles. The Labute approximate surface area is 107 Å². The van der Waals surface area contributed by atoms with Crippen LogP contribution in [0.5, 0.6) is 0 Å². The van der Waals surface area contributed by atoms with E-state index < -0.39 is 11.1 Å². The van der Waals surface area contributed by atoms with Gasteiger partial charge in [-0.05, 0) is 12.8 Å². The molecule has 1 unspecified atom stereocenters. The summed E-state index contributed by atoms with van der Waals surface area (Å²) < 4.78 is 6.52. The van der Waals surface area contributed by atoms with Crippen LogP contribution in [0.2, 0.25) is 10.0 Å². The normalized spacial score (nSPS) is 20.5. The van der Waals surface area contributed by atoms with Crippen molar-refractivity contribution in [3.05, 3.63) is 30.8 Å². The zero-order valence-electron chi connectivity index (χ0n) is 9.04. The molecule has 0 spiro atoms. The van der Waals surface area contributed by atoms with E-state index in [4.69, 9.17) is 27.9 Å². The highest BCUT2D eigenvalue weighted by Gasteiger charge is 2.17. The lowest BCUT2D eigenvalue weighted by Crippen LogP contribution is -2.34. The molecular formula is C10H12Cl2N2O3. The van der Waals surface area contributed by atoms with E-state index in [1.165, 1.54) is 4.68 Å². The number of ether oxygens (including phenoxy) is 1. The van der Waals surface area contributed by atoms with Crippen LogP contribution in [0.25, 0.3) is 0 Å². The molecule has 1 atom stereocenters. The van der Waals surface area contributed by atoms with Crippen LogP contribution in [0.3, 0.4) is 0 Å². The van der Waals surface area contributed by atoms with E-state index in [1.807, 2.05) is 0 Å². The predicted octanol–water partition coefficient (Wildman–Crippen LogP) is 1.27. The third-order valence-corrected chi connectivity index (χ3v) is 3.56. The van der Waals surface area contributed by atoms with Crippen molar-refractivity contribution < 1.29 is 4.74 Å². The van der Waals surface area contributed by atoms with Gasteiger partial charge in [0, 0.05) is 19.1 Å². The Balaban J connectivity index is 2.27. The zero-order valence-corrected chi connectivity index (χ0v) is 10.6. The van der Waals surface area contributed by atoms with E-state index in [9.17, 15) is 9.59 Å². The third kappa shape index (κ3) is 2.73. The number of rotatable bonds is 2. The molecule has 94 valence electrons. The summed E-state index contributed by atoms with van der Waals surface area (Å²) in [7, 11) is 0. The van der Waals surface area contributed by atoms with Crippen LogP contribution in [0, 0.1) is 5.92 Å². The Hall–Kier alpha value is -0.780. The second-order valence-electron chi connectivity index (χ2n) is 4.07. The van der Waals surface area contributed by atoms with Crippen LogP contribution in [0.1, 0.15) is 12.8 Å². The highest BCUT2D eigenvalue weighted by molar-refractivity contribution is 6.41. The Kier molecular flexibility index (Phi) is 3.91. The van der Waals surface area contributed by atoms with Gasteiger partial charge >= 0.3 is 0 Å². The van der Waals surface area contributed by atoms with Crippen molar-refractivity contribution in [1.29, 1.82) is 0 Å². The molecule has 0 aromatic carbocycles. The van der Waals surface area contributed by atoms with E-state index in [0.717, 1.165) is 19.4 Å². The molecule has 7 heteroatoms. The van der Waals surface area contributed by atoms with Crippen LogP contribution in [-0.2, 0) is 11.3 Å². The Morgan fingerprint density at radius 3 is 2.76 bits per heavy atom. The average Bonchev–Trinajstić information content (AvgIpc) is 2.35. The van der Waals surface area contributed by atoms with E-state index in [-0.39, 0.29) is 16.0 Å². The lowest BCUT2D eigenvalue weighted by Gasteiger charge is -2.22. The zero-order chi connectivity index (χ0) is 12.4. The first kappa shape index (κ1) is 12.7. The molecule has 1 aliphatic heterocycles. The maximum absolute atomic E-state index is 11.8. The van der Waals surface area contributed by atoms with Crippen LogP contribution < -0.4 is 11.1 Å². The van der Waals surface area contributed by atoms with Crippen molar-refractivity contribution in [1.82, 2.24) is 9.78 Å². The molecule has 1 fully saturated rings. The minimum absolute atomic E-state index is 0.217. The first-order valence-electron chi connectivity index (χ1n) is 5.35. The Bertz CT molecular complexity index is 517. The monoisotopic (exact) mass is 278 g/mol. The molecule has 1 saturated heterocycles. The first-order valence-corrected chi connectivity index (χ1v) is 6.11. The van der Waals surface area contributed by atoms with Gasteiger partial charge in [0.2, 0.25) is 0 Å². The van der Waals surface area contributed by atoms with Gasteiger partial charge in [0.1, 0.15) is 10.0 Å². The Morgan fingerprint density at radius 1 is 1.35 bits per heavy atom. The fourth-order valence-electron chi connectivity index (χ4n) is 1.87. The standard InChI is InChI=1S/C10H12Cl2N2O3/c11-7-8(12)10(16)14(13-9(7)15)4-6-2-1-3-17-5-6/h6H,1-5H2,(H,13,15). The summed E-state index contributed by atoms with van der Waals surface area (Å²) in [6, 6.07) is 0. The molecule has 0 bridgehead atoms. The predicted molar refractivity (Wildman–Crippen MR) is 64.9 cm³/mol. The summed E-state index contributed by atoms with van der Waals surface area (Å²) in [5.41, 5.74) is -1.02. The van der Waals surface area contributed by atoms with E-state index in [1.54, 1.807) is 0 Å². The van der Waals surface area contributed by atoms with E-state index in [2.05, 4.69) is 5.10 Å². The van der Waals surface area contributed by atoms with Crippen LogP contribution >= 0.6 is 23.2 Å².